The molecule has 0 bridgehead atoms. The molecule has 0 aromatic carbocycles. The molecule has 0 spiro atoms. The summed E-state index contributed by atoms with van der Waals surface area (Å²) in [5.41, 5.74) is 1.82. The van der Waals surface area contributed by atoms with Crippen molar-refractivity contribution in [3.8, 4) is 0 Å². The predicted molar refractivity (Wildman–Crippen MR) is 60.9 cm³/mol. The summed E-state index contributed by atoms with van der Waals surface area (Å²) < 4.78 is 0. The second-order valence-corrected chi connectivity index (χ2v) is 2.25. The van der Waals surface area contributed by atoms with Crippen molar-refractivity contribution in [1.82, 2.24) is 0 Å². The molecule has 0 amide bonds. The van der Waals surface area contributed by atoms with E-state index < -0.39 is 0 Å². The fourth-order valence-electron chi connectivity index (χ4n) is 0.834. The number of aliphatic imine (C=N–C) groups is 1. The molecule has 0 aliphatic rings. The third kappa shape index (κ3) is 4.06. The lowest BCUT2D eigenvalue weighted by Gasteiger charge is -1.99. The van der Waals surface area contributed by atoms with E-state index in [2.05, 4.69) is 24.7 Å². The van der Waals surface area contributed by atoms with Gasteiger partial charge in [-0.25, -0.2) is 0 Å². The lowest BCUT2D eigenvalue weighted by atomic mass is 10.1. The van der Waals surface area contributed by atoms with Crippen molar-refractivity contribution in [3.63, 3.8) is 0 Å². The Morgan fingerprint density at radius 2 is 1.85 bits per heavy atom. The summed E-state index contributed by atoms with van der Waals surface area (Å²) in [4.78, 5) is 4.18. The summed E-state index contributed by atoms with van der Waals surface area (Å²) in [5, 5.41) is 0. The number of nitrogens with zero attached hydrogens (tertiary/aromatic N) is 1. The van der Waals surface area contributed by atoms with Gasteiger partial charge in [-0.05, 0) is 12.5 Å². The van der Waals surface area contributed by atoms with Crippen LogP contribution >= 0.6 is 0 Å². The molecule has 0 N–H and O–H groups in total. The maximum atomic E-state index is 4.18. The monoisotopic (exact) mass is 173 g/mol. The Morgan fingerprint density at radius 1 is 1.15 bits per heavy atom. The summed E-state index contributed by atoms with van der Waals surface area (Å²) in [6.07, 6.45) is 10.5. The van der Waals surface area contributed by atoms with Gasteiger partial charge in [-0.15, -0.1) is 0 Å². The van der Waals surface area contributed by atoms with E-state index in [9.17, 15) is 0 Å². The van der Waals surface area contributed by atoms with Gasteiger partial charge in [0.05, 0.1) is 5.70 Å². The normalized spacial score (nSPS) is 13.0. The van der Waals surface area contributed by atoms with Crippen molar-refractivity contribution in [1.29, 1.82) is 0 Å². The van der Waals surface area contributed by atoms with Gasteiger partial charge >= 0.3 is 0 Å². The van der Waals surface area contributed by atoms with E-state index in [-0.39, 0.29) is 0 Å². The van der Waals surface area contributed by atoms with Crippen molar-refractivity contribution in [2.75, 3.05) is 0 Å². The molecule has 0 atom stereocenters. The minimum atomic E-state index is 0.870. The van der Waals surface area contributed by atoms with Gasteiger partial charge in [-0.2, -0.15) is 0 Å². The highest BCUT2D eigenvalue weighted by Crippen LogP contribution is 2.11. The van der Waals surface area contributed by atoms with Crippen molar-refractivity contribution in [3.05, 3.63) is 61.4 Å². The van der Waals surface area contributed by atoms with Crippen LogP contribution in [-0.2, 0) is 0 Å². The molecule has 13 heavy (non-hydrogen) atoms. The third-order valence-electron chi connectivity index (χ3n) is 1.41. The Hall–Kier alpha value is -1.63. The number of rotatable bonds is 5. The van der Waals surface area contributed by atoms with Crippen LogP contribution in [0.25, 0.3) is 0 Å². The van der Waals surface area contributed by atoms with Crippen molar-refractivity contribution >= 4 is 6.21 Å². The van der Waals surface area contributed by atoms with Crippen LogP contribution in [0.1, 0.15) is 6.92 Å². The molecule has 1 heteroatoms. The zero-order valence-corrected chi connectivity index (χ0v) is 8.03. The van der Waals surface area contributed by atoms with Crippen LogP contribution in [0, 0.1) is 0 Å². The highest BCUT2D eigenvalue weighted by atomic mass is 14.7. The Labute approximate surface area is 80.2 Å². The first kappa shape index (κ1) is 11.4. The van der Waals surface area contributed by atoms with Crippen molar-refractivity contribution in [2.45, 2.75) is 6.92 Å². The van der Waals surface area contributed by atoms with Gasteiger partial charge in [-0.1, -0.05) is 50.1 Å². The largest absolute Gasteiger partial charge is 0.257 e. The third-order valence-corrected chi connectivity index (χ3v) is 1.41. The quantitative estimate of drug-likeness (QED) is 0.446. The molecule has 0 aromatic rings. The summed E-state index contributed by atoms with van der Waals surface area (Å²) in [6, 6.07) is 0. The van der Waals surface area contributed by atoms with E-state index in [0.29, 0.717) is 0 Å². The average molecular weight is 173 g/mol. The van der Waals surface area contributed by atoms with E-state index in [0.717, 1.165) is 11.3 Å². The summed E-state index contributed by atoms with van der Waals surface area (Å²) in [5.74, 6) is 0. The lowest BCUT2D eigenvalue weighted by molar-refractivity contribution is 1.34. The van der Waals surface area contributed by atoms with Crippen LogP contribution in [0.4, 0.5) is 0 Å². The van der Waals surface area contributed by atoms with Gasteiger partial charge in [-0.3, -0.25) is 4.99 Å². The van der Waals surface area contributed by atoms with Gasteiger partial charge in [0.2, 0.25) is 0 Å². The van der Waals surface area contributed by atoms with Crippen LogP contribution in [0.3, 0.4) is 0 Å². The predicted octanol–water partition coefficient (Wildman–Crippen LogP) is 3.45. The molecular weight excluding hydrogens is 158 g/mol. The van der Waals surface area contributed by atoms with Gasteiger partial charge < -0.3 is 0 Å². The van der Waals surface area contributed by atoms with Crippen LogP contribution in [0.15, 0.2) is 66.4 Å². The fraction of sp³-hybridized carbons (Fsp3) is 0.0833. The maximum absolute atomic E-state index is 4.18. The van der Waals surface area contributed by atoms with E-state index >= 15 is 0 Å². The van der Waals surface area contributed by atoms with E-state index in [4.69, 9.17) is 0 Å². The molecule has 0 radical (unpaired) electrons. The minimum Gasteiger partial charge on any atom is -0.257 e. The summed E-state index contributed by atoms with van der Waals surface area (Å²) >= 11 is 0. The fourth-order valence-corrected chi connectivity index (χ4v) is 0.834. The summed E-state index contributed by atoms with van der Waals surface area (Å²) in [6.45, 7) is 12.8. The highest BCUT2D eigenvalue weighted by molar-refractivity contribution is 5.72. The summed E-state index contributed by atoms with van der Waals surface area (Å²) in [7, 11) is 0. The van der Waals surface area contributed by atoms with Crippen LogP contribution < -0.4 is 0 Å². The smallest absolute Gasteiger partial charge is 0.0659 e. The number of hydrogen-bond donors (Lipinski definition) is 0. The average Bonchev–Trinajstić information content (AvgIpc) is 2.17. The molecule has 0 fully saturated rings. The minimum absolute atomic E-state index is 0.870. The van der Waals surface area contributed by atoms with Crippen LogP contribution in [0.5, 0.6) is 0 Å². The molecule has 68 valence electrons. The standard InChI is InChI=1S/C12H15N/c1-5-9-11(7-3)12(8-4)13-10-6-2/h5-10H,1-3H2,4H3/b11-9-,12-8+,13-10-. The van der Waals surface area contributed by atoms with Gasteiger partial charge in [0.15, 0.2) is 0 Å². The SMILES string of the molecule is C=C\C=N/C(=C/C)C(/C=C)=C\C=C. The highest BCUT2D eigenvalue weighted by Gasteiger charge is 1.94. The van der Waals surface area contributed by atoms with Crippen molar-refractivity contribution < 1.29 is 0 Å². The number of allylic oxidation sites excluding steroid dienone is 5. The van der Waals surface area contributed by atoms with Crippen LogP contribution in [-0.4, -0.2) is 6.21 Å². The molecule has 0 aliphatic carbocycles. The lowest BCUT2D eigenvalue weighted by Crippen LogP contribution is -1.82. The second-order valence-electron chi connectivity index (χ2n) is 2.25. The maximum Gasteiger partial charge on any atom is 0.0659 e. The van der Waals surface area contributed by atoms with Gasteiger partial charge in [0.25, 0.3) is 0 Å². The zero-order valence-electron chi connectivity index (χ0n) is 8.03. The molecule has 0 aromatic heterocycles. The molecular formula is C12H15N. The van der Waals surface area contributed by atoms with Crippen LogP contribution in [0.2, 0.25) is 0 Å². The Morgan fingerprint density at radius 3 is 2.23 bits per heavy atom. The molecule has 0 rings (SSSR count). The van der Waals surface area contributed by atoms with Gasteiger partial charge in [0, 0.05) is 6.21 Å². The molecule has 0 saturated heterocycles. The molecule has 0 saturated carbocycles. The van der Waals surface area contributed by atoms with Crippen molar-refractivity contribution in [2.24, 2.45) is 4.99 Å². The molecule has 0 unspecified atom stereocenters. The Kier molecular flexibility index (Phi) is 6.16. The zero-order chi connectivity index (χ0) is 10.1. The molecule has 0 aliphatic heterocycles. The van der Waals surface area contributed by atoms with Gasteiger partial charge in [0.1, 0.15) is 0 Å². The van der Waals surface area contributed by atoms with E-state index in [1.165, 1.54) is 0 Å². The molecule has 1 nitrogen and oxygen atoms in total. The van der Waals surface area contributed by atoms with E-state index in [1.54, 1.807) is 24.4 Å². The Bertz CT molecular complexity index is 277. The number of hydrogen-bond acceptors (Lipinski definition) is 1. The first-order valence-corrected chi connectivity index (χ1v) is 4.07. The Balaban J connectivity index is 4.85. The molecule has 0 heterocycles. The van der Waals surface area contributed by atoms with E-state index in [1.807, 2.05) is 19.1 Å². The second kappa shape index (κ2) is 7.04. The first-order chi connectivity index (χ1) is 6.29. The first-order valence-electron chi connectivity index (χ1n) is 4.07. The topological polar surface area (TPSA) is 12.4 Å².